The summed E-state index contributed by atoms with van der Waals surface area (Å²) in [5, 5.41) is 5.73. The molecule has 0 aliphatic carbocycles. The smallest absolute Gasteiger partial charge is 0.273 e. The minimum absolute atomic E-state index is 0.0350. The summed E-state index contributed by atoms with van der Waals surface area (Å²) in [5.74, 6) is 1.25. The van der Waals surface area contributed by atoms with Gasteiger partial charge in [0.05, 0.1) is 20.3 Å². The fraction of sp³-hybridized carbons (Fsp3) is 0.241. The van der Waals surface area contributed by atoms with Crippen molar-refractivity contribution in [2.75, 3.05) is 45.7 Å². The molecule has 1 aliphatic rings. The summed E-state index contributed by atoms with van der Waals surface area (Å²) in [5.41, 5.74) is 3.80. The first-order chi connectivity index (χ1) is 18.2. The van der Waals surface area contributed by atoms with E-state index < -0.39 is 0 Å². The van der Waals surface area contributed by atoms with E-state index in [1.54, 1.807) is 14.2 Å². The quantitative estimate of drug-likeness (QED) is 0.337. The number of hydrogen-bond acceptors (Lipinski definition) is 7. The maximum absolute atomic E-state index is 13.3. The lowest BCUT2D eigenvalue weighted by atomic mass is 9.96. The summed E-state index contributed by atoms with van der Waals surface area (Å²) in [6, 6.07) is 26.9. The second-order valence-corrected chi connectivity index (χ2v) is 9.64. The number of anilines is 2. The summed E-state index contributed by atoms with van der Waals surface area (Å²) in [4.78, 5) is 22.2. The molecule has 190 valence electrons. The molecule has 1 aliphatic heterocycles. The summed E-state index contributed by atoms with van der Waals surface area (Å²) >= 11 is 1.41. The molecule has 1 N–H and O–H groups in total. The molecular formula is C29H30N4O3S. The lowest BCUT2D eigenvalue weighted by Crippen LogP contribution is -2.50. The molecule has 1 amide bonds. The highest BCUT2D eigenvalue weighted by Gasteiger charge is 2.29. The molecule has 0 saturated carbocycles. The van der Waals surface area contributed by atoms with Gasteiger partial charge < -0.3 is 19.7 Å². The molecule has 1 aromatic heterocycles. The van der Waals surface area contributed by atoms with E-state index in [1.165, 1.54) is 22.5 Å². The van der Waals surface area contributed by atoms with E-state index in [1.807, 2.05) is 40.6 Å². The van der Waals surface area contributed by atoms with Gasteiger partial charge in [-0.15, -0.1) is 11.3 Å². The number of piperazine rings is 1. The molecule has 37 heavy (non-hydrogen) atoms. The number of nitrogens with one attached hydrogen (secondary N) is 1. The fourth-order valence-corrected chi connectivity index (χ4v) is 5.40. The van der Waals surface area contributed by atoms with Crippen LogP contribution in [-0.4, -0.2) is 61.1 Å². The summed E-state index contributed by atoms with van der Waals surface area (Å²) < 4.78 is 10.7. The van der Waals surface area contributed by atoms with Gasteiger partial charge in [-0.3, -0.25) is 9.69 Å². The molecule has 5 rings (SSSR count). The van der Waals surface area contributed by atoms with Gasteiger partial charge in [0.15, 0.2) is 16.6 Å². The van der Waals surface area contributed by atoms with E-state index in [2.05, 4.69) is 63.7 Å². The average Bonchev–Trinajstić information content (AvgIpc) is 3.42. The zero-order valence-corrected chi connectivity index (χ0v) is 21.8. The van der Waals surface area contributed by atoms with Crippen LogP contribution in [0.5, 0.6) is 11.5 Å². The van der Waals surface area contributed by atoms with Gasteiger partial charge in [-0.05, 0) is 23.3 Å². The van der Waals surface area contributed by atoms with Crippen LogP contribution in [0.15, 0.2) is 84.2 Å². The Kier molecular flexibility index (Phi) is 7.67. The van der Waals surface area contributed by atoms with E-state index in [-0.39, 0.29) is 11.9 Å². The number of carbonyl (C=O) groups is 1. The largest absolute Gasteiger partial charge is 0.493 e. The first-order valence-corrected chi connectivity index (χ1v) is 13.1. The van der Waals surface area contributed by atoms with E-state index in [0.29, 0.717) is 35.4 Å². The number of thiazole rings is 1. The Balaban J connectivity index is 1.24. The van der Waals surface area contributed by atoms with Crippen molar-refractivity contribution in [2.24, 2.45) is 0 Å². The molecule has 0 radical (unpaired) electrons. The molecule has 0 bridgehead atoms. The van der Waals surface area contributed by atoms with Crippen LogP contribution in [0.2, 0.25) is 0 Å². The van der Waals surface area contributed by atoms with Crippen molar-refractivity contribution >= 4 is 28.1 Å². The van der Waals surface area contributed by atoms with Crippen LogP contribution in [0, 0.1) is 0 Å². The third-order valence-corrected chi connectivity index (χ3v) is 7.31. The molecule has 3 aromatic carbocycles. The van der Waals surface area contributed by atoms with Crippen LogP contribution in [0.1, 0.15) is 27.7 Å². The maximum Gasteiger partial charge on any atom is 0.273 e. The monoisotopic (exact) mass is 514 g/mol. The van der Waals surface area contributed by atoms with Crippen molar-refractivity contribution in [2.45, 2.75) is 6.04 Å². The molecule has 0 unspecified atom stereocenters. The van der Waals surface area contributed by atoms with E-state index in [4.69, 9.17) is 9.47 Å². The minimum atomic E-state index is -0.0350. The van der Waals surface area contributed by atoms with E-state index >= 15 is 0 Å². The highest BCUT2D eigenvalue weighted by molar-refractivity contribution is 7.14. The topological polar surface area (TPSA) is 66.9 Å². The molecule has 7 nitrogen and oxygen atoms in total. The molecule has 1 saturated heterocycles. The molecule has 0 spiro atoms. The predicted octanol–water partition coefficient (Wildman–Crippen LogP) is 5.45. The fourth-order valence-electron chi connectivity index (χ4n) is 4.70. The second-order valence-electron chi connectivity index (χ2n) is 8.78. The van der Waals surface area contributed by atoms with Gasteiger partial charge in [0.2, 0.25) is 0 Å². The Hall–Kier alpha value is -3.88. The molecule has 2 heterocycles. The summed E-state index contributed by atoms with van der Waals surface area (Å²) in [6.07, 6.45) is 0. The Morgan fingerprint density at radius 1 is 0.865 bits per heavy atom. The van der Waals surface area contributed by atoms with E-state index in [9.17, 15) is 4.79 Å². The summed E-state index contributed by atoms with van der Waals surface area (Å²) in [6.45, 7) is 2.90. The minimum Gasteiger partial charge on any atom is -0.493 e. The maximum atomic E-state index is 13.3. The number of ether oxygens (including phenoxy) is 2. The van der Waals surface area contributed by atoms with Gasteiger partial charge in [0.1, 0.15) is 5.69 Å². The first-order valence-electron chi connectivity index (χ1n) is 12.2. The Morgan fingerprint density at radius 2 is 1.49 bits per heavy atom. The van der Waals surface area contributed by atoms with Crippen LogP contribution >= 0.6 is 11.3 Å². The predicted molar refractivity (Wildman–Crippen MR) is 147 cm³/mol. The number of nitrogens with zero attached hydrogens (tertiary/aromatic N) is 3. The lowest BCUT2D eigenvalue weighted by molar-refractivity contribution is 0.0592. The normalized spacial score (nSPS) is 14.0. The zero-order chi connectivity index (χ0) is 25.6. The van der Waals surface area contributed by atoms with Crippen LogP contribution in [0.3, 0.4) is 0 Å². The van der Waals surface area contributed by atoms with Gasteiger partial charge >= 0.3 is 0 Å². The van der Waals surface area contributed by atoms with Crippen molar-refractivity contribution in [3.8, 4) is 11.5 Å². The van der Waals surface area contributed by atoms with Crippen molar-refractivity contribution in [3.05, 3.63) is 101 Å². The zero-order valence-electron chi connectivity index (χ0n) is 21.0. The standard InChI is InChI=1S/C29H30N4O3S/c1-35-25-14-13-23(19-26(25)36-2)30-29-31-24(20-37-29)28(34)33-17-15-32(16-18-33)27(21-9-5-3-6-10-21)22-11-7-4-8-12-22/h3-14,19-20,27H,15-18H2,1-2H3,(H,30,31). The van der Waals surface area contributed by atoms with Crippen LogP contribution in [0.4, 0.5) is 10.8 Å². The molecule has 4 aromatic rings. The number of amides is 1. The lowest BCUT2D eigenvalue weighted by Gasteiger charge is -2.39. The van der Waals surface area contributed by atoms with Crippen molar-refractivity contribution in [3.63, 3.8) is 0 Å². The molecule has 1 fully saturated rings. The highest BCUT2D eigenvalue weighted by Crippen LogP contribution is 2.32. The van der Waals surface area contributed by atoms with Gasteiger partial charge in [-0.25, -0.2) is 4.98 Å². The molecule has 0 atom stereocenters. The SMILES string of the molecule is COc1ccc(Nc2nc(C(=O)N3CCN(C(c4ccccc4)c4ccccc4)CC3)cs2)cc1OC. The second kappa shape index (κ2) is 11.5. The molecule has 8 heteroatoms. The van der Waals surface area contributed by atoms with Crippen molar-refractivity contribution in [1.29, 1.82) is 0 Å². The molecular weight excluding hydrogens is 484 g/mol. The van der Waals surface area contributed by atoms with Crippen molar-refractivity contribution in [1.82, 2.24) is 14.8 Å². The Bertz CT molecular complexity index is 1280. The average molecular weight is 515 g/mol. The third kappa shape index (κ3) is 5.60. The Labute approximate surface area is 221 Å². The first kappa shape index (κ1) is 24.8. The van der Waals surface area contributed by atoms with Crippen LogP contribution < -0.4 is 14.8 Å². The number of methoxy groups -OCH3 is 2. The van der Waals surface area contributed by atoms with Crippen LogP contribution in [0.25, 0.3) is 0 Å². The Morgan fingerprint density at radius 3 is 2.08 bits per heavy atom. The van der Waals surface area contributed by atoms with Gasteiger partial charge in [0, 0.05) is 43.3 Å². The van der Waals surface area contributed by atoms with Gasteiger partial charge in [-0.2, -0.15) is 0 Å². The van der Waals surface area contributed by atoms with Gasteiger partial charge in [-0.1, -0.05) is 60.7 Å². The van der Waals surface area contributed by atoms with Crippen molar-refractivity contribution < 1.29 is 14.3 Å². The number of aromatic nitrogens is 1. The highest BCUT2D eigenvalue weighted by atomic mass is 32.1. The number of rotatable bonds is 8. The summed E-state index contributed by atoms with van der Waals surface area (Å²) in [7, 11) is 3.20. The van der Waals surface area contributed by atoms with Gasteiger partial charge in [0.25, 0.3) is 5.91 Å². The third-order valence-electron chi connectivity index (χ3n) is 6.56. The van der Waals surface area contributed by atoms with E-state index in [0.717, 1.165) is 18.8 Å². The number of carbonyl (C=O) groups excluding carboxylic acids is 1. The van der Waals surface area contributed by atoms with Crippen LogP contribution in [-0.2, 0) is 0 Å². The number of benzene rings is 3. The number of hydrogen-bond donors (Lipinski definition) is 1.